The van der Waals surface area contributed by atoms with E-state index in [0.717, 1.165) is 42.2 Å². The smallest absolute Gasteiger partial charge is 0.232 e. The minimum atomic E-state index is 0.247. The third-order valence-electron chi connectivity index (χ3n) is 4.91. The van der Waals surface area contributed by atoms with Crippen molar-refractivity contribution in [3.63, 3.8) is 0 Å². The quantitative estimate of drug-likeness (QED) is 0.543. The SMILES string of the molecule is O=C(CSCc1ccc(Cl)cc1)N1CCC(c2nc3ccccc3s2)CC1. The van der Waals surface area contributed by atoms with Crippen molar-refractivity contribution >= 4 is 50.8 Å². The number of carbonyl (C=O) groups is 1. The number of fused-ring (bicyclic) bond motifs is 1. The van der Waals surface area contributed by atoms with Crippen LogP contribution in [0.15, 0.2) is 48.5 Å². The first-order valence-electron chi connectivity index (χ1n) is 9.14. The first-order valence-corrected chi connectivity index (χ1v) is 11.5. The maximum Gasteiger partial charge on any atom is 0.232 e. The first kappa shape index (κ1) is 18.8. The highest BCUT2D eigenvalue weighted by atomic mass is 35.5. The molecule has 27 heavy (non-hydrogen) atoms. The number of piperidine rings is 1. The largest absolute Gasteiger partial charge is 0.342 e. The molecule has 0 radical (unpaired) electrons. The molecule has 0 saturated carbocycles. The van der Waals surface area contributed by atoms with Crippen molar-refractivity contribution < 1.29 is 4.79 Å². The Bertz CT molecular complexity index is 884. The molecule has 2 aromatic carbocycles. The highest BCUT2D eigenvalue weighted by Gasteiger charge is 2.25. The number of carbonyl (C=O) groups excluding carboxylic acids is 1. The molecular weight excluding hydrogens is 396 g/mol. The Morgan fingerprint density at radius 3 is 2.63 bits per heavy atom. The summed E-state index contributed by atoms with van der Waals surface area (Å²) in [6, 6.07) is 16.1. The molecule has 0 bridgehead atoms. The minimum absolute atomic E-state index is 0.247. The molecule has 1 amide bonds. The molecule has 0 aliphatic carbocycles. The lowest BCUT2D eigenvalue weighted by Gasteiger charge is -2.31. The summed E-state index contributed by atoms with van der Waals surface area (Å²) in [5, 5.41) is 1.97. The van der Waals surface area contributed by atoms with Gasteiger partial charge in [-0.1, -0.05) is 35.9 Å². The standard InChI is InChI=1S/C21H21ClN2OS2/c22-17-7-5-15(6-8-17)13-26-14-20(25)24-11-9-16(10-12-24)21-23-18-3-1-2-4-19(18)27-21/h1-8,16H,9-14H2. The van der Waals surface area contributed by atoms with Gasteiger partial charge in [-0.05, 0) is 42.7 Å². The predicted octanol–water partition coefficient (Wildman–Crippen LogP) is 5.59. The molecule has 1 aromatic heterocycles. The summed E-state index contributed by atoms with van der Waals surface area (Å²) in [5.41, 5.74) is 2.29. The monoisotopic (exact) mass is 416 g/mol. The van der Waals surface area contributed by atoms with E-state index in [1.54, 1.807) is 23.1 Å². The van der Waals surface area contributed by atoms with Gasteiger partial charge >= 0.3 is 0 Å². The van der Waals surface area contributed by atoms with Gasteiger partial charge in [-0.3, -0.25) is 4.79 Å². The van der Waals surface area contributed by atoms with E-state index in [-0.39, 0.29) is 5.91 Å². The maximum absolute atomic E-state index is 12.5. The fourth-order valence-corrected chi connectivity index (χ4v) is 5.52. The lowest BCUT2D eigenvalue weighted by Crippen LogP contribution is -2.38. The third kappa shape index (κ3) is 4.65. The molecule has 0 unspecified atom stereocenters. The summed E-state index contributed by atoms with van der Waals surface area (Å²) in [5.74, 6) is 2.10. The maximum atomic E-state index is 12.5. The number of aromatic nitrogens is 1. The van der Waals surface area contributed by atoms with Gasteiger partial charge in [-0.2, -0.15) is 0 Å². The number of hydrogen-bond acceptors (Lipinski definition) is 4. The number of rotatable bonds is 5. The number of benzene rings is 2. The summed E-state index contributed by atoms with van der Waals surface area (Å²) in [6.07, 6.45) is 2.01. The van der Waals surface area contributed by atoms with Crippen LogP contribution in [-0.2, 0) is 10.5 Å². The van der Waals surface area contributed by atoms with Gasteiger partial charge in [0.25, 0.3) is 0 Å². The summed E-state index contributed by atoms with van der Waals surface area (Å²) in [4.78, 5) is 19.3. The Morgan fingerprint density at radius 1 is 1.15 bits per heavy atom. The first-order chi connectivity index (χ1) is 13.2. The molecule has 6 heteroatoms. The van der Waals surface area contributed by atoms with Crippen molar-refractivity contribution in [3.05, 3.63) is 64.1 Å². The van der Waals surface area contributed by atoms with Crippen molar-refractivity contribution in [1.29, 1.82) is 0 Å². The van der Waals surface area contributed by atoms with Gasteiger partial charge in [-0.25, -0.2) is 4.98 Å². The highest BCUT2D eigenvalue weighted by Crippen LogP contribution is 2.34. The van der Waals surface area contributed by atoms with Crippen molar-refractivity contribution in [2.75, 3.05) is 18.8 Å². The molecule has 1 aliphatic rings. The van der Waals surface area contributed by atoms with Crippen LogP contribution in [-0.4, -0.2) is 34.6 Å². The lowest BCUT2D eigenvalue weighted by atomic mass is 9.97. The zero-order chi connectivity index (χ0) is 18.6. The molecular formula is C21H21ClN2OS2. The molecule has 0 atom stereocenters. The van der Waals surface area contributed by atoms with Gasteiger partial charge < -0.3 is 4.90 Å². The summed E-state index contributed by atoms with van der Waals surface area (Å²) >= 11 is 9.37. The minimum Gasteiger partial charge on any atom is -0.342 e. The Balaban J connectivity index is 1.25. The van der Waals surface area contributed by atoms with Gasteiger partial charge in [0, 0.05) is 29.8 Å². The number of thiazole rings is 1. The Morgan fingerprint density at radius 2 is 1.89 bits per heavy atom. The normalized spacial score (nSPS) is 15.4. The van der Waals surface area contributed by atoms with Crippen molar-refractivity contribution in [1.82, 2.24) is 9.88 Å². The van der Waals surface area contributed by atoms with E-state index in [1.807, 2.05) is 35.2 Å². The lowest BCUT2D eigenvalue weighted by molar-refractivity contribution is -0.129. The van der Waals surface area contributed by atoms with Crippen LogP contribution in [0.4, 0.5) is 0 Å². The predicted molar refractivity (Wildman–Crippen MR) is 116 cm³/mol. The number of amides is 1. The Labute approximate surface area is 172 Å². The average Bonchev–Trinajstić information content (AvgIpc) is 3.14. The van der Waals surface area contributed by atoms with Crippen LogP contribution in [0.25, 0.3) is 10.2 Å². The van der Waals surface area contributed by atoms with Crippen LogP contribution < -0.4 is 0 Å². The third-order valence-corrected chi connectivity index (χ3v) is 7.35. The Hall–Kier alpha value is -1.56. The van der Waals surface area contributed by atoms with Gasteiger partial charge in [0.1, 0.15) is 0 Å². The number of thioether (sulfide) groups is 1. The summed E-state index contributed by atoms with van der Waals surface area (Å²) < 4.78 is 1.25. The van der Waals surface area contributed by atoms with E-state index in [4.69, 9.17) is 16.6 Å². The second-order valence-electron chi connectivity index (χ2n) is 6.79. The van der Waals surface area contributed by atoms with E-state index in [9.17, 15) is 4.79 Å². The average molecular weight is 417 g/mol. The van der Waals surface area contributed by atoms with E-state index in [2.05, 4.69) is 18.2 Å². The van der Waals surface area contributed by atoms with Gasteiger partial charge in [-0.15, -0.1) is 23.1 Å². The second-order valence-corrected chi connectivity index (χ2v) is 9.28. The fraction of sp³-hybridized carbons (Fsp3) is 0.333. The summed E-state index contributed by atoms with van der Waals surface area (Å²) in [7, 11) is 0. The molecule has 4 rings (SSSR count). The van der Waals surface area contributed by atoms with Crippen LogP contribution in [0.2, 0.25) is 5.02 Å². The van der Waals surface area contributed by atoms with Crippen molar-refractivity contribution in [3.8, 4) is 0 Å². The van der Waals surface area contributed by atoms with Gasteiger partial charge in [0.2, 0.25) is 5.91 Å². The molecule has 140 valence electrons. The van der Waals surface area contributed by atoms with Gasteiger partial charge in [0.15, 0.2) is 0 Å². The number of hydrogen-bond donors (Lipinski definition) is 0. The molecule has 1 saturated heterocycles. The van der Waals surface area contributed by atoms with E-state index >= 15 is 0 Å². The molecule has 1 fully saturated rings. The highest BCUT2D eigenvalue weighted by molar-refractivity contribution is 7.99. The number of likely N-dealkylation sites (tertiary alicyclic amines) is 1. The topological polar surface area (TPSA) is 33.2 Å². The van der Waals surface area contributed by atoms with Crippen LogP contribution in [0.1, 0.15) is 29.3 Å². The Kier molecular flexibility index (Phi) is 6.01. The van der Waals surface area contributed by atoms with E-state index in [1.165, 1.54) is 15.3 Å². The van der Waals surface area contributed by atoms with E-state index < -0.39 is 0 Å². The fourth-order valence-electron chi connectivity index (χ4n) is 3.37. The van der Waals surface area contributed by atoms with Crippen molar-refractivity contribution in [2.24, 2.45) is 0 Å². The molecule has 1 aliphatic heterocycles. The number of para-hydroxylation sites is 1. The van der Waals surface area contributed by atoms with Crippen LogP contribution in [0.3, 0.4) is 0 Å². The molecule has 0 spiro atoms. The van der Waals surface area contributed by atoms with Crippen LogP contribution in [0.5, 0.6) is 0 Å². The zero-order valence-corrected chi connectivity index (χ0v) is 17.3. The van der Waals surface area contributed by atoms with Gasteiger partial charge in [0.05, 0.1) is 21.0 Å². The molecule has 0 N–H and O–H groups in total. The molecule has 3 nitrogen and oxygen atoms in total. The number of nitrogens with zero attached hydrogens (tertiary/aromatic N) is 2. The van der Waals surface area contributed by atoms with E-state index in [0.29, 0.717) is 11.7 Å². The van der Waals surface area contributed by atoms with Crippen LogP contribution in [0, 0.1) is 0 Å². The second kappa shape index (κ2) is 8.63. The summed E-state index contributed by atoms with van der Waals surface area (Å²) in [6.45, 7) is 1.67. The molecule has 2 heterocycles. The zero-order valence-electron chi connectivity index (χ0n) is 14.9. The van der Waals surface area contributed by atoms with Crippen LogP contribution >= 0.6 is 34.7 Å². The van der Waals surface area contributed by atoms with Crippen molar-refractivity contribution in [2.45, 2.75) is 24.5 Å². The molecule has 3 aromatic rings. The number of halogens is 1.